The van der Waals surface area contributed by atoms with Gasteiger partial charge in [-0.3, -0.25) is 0 Å². The lowest BCUT2D eigenvalue weighted by Crippen LogP contribution is -2.25. The minimum absolute atomic E-state index is 0.145. The summed E-state index contributed by atoms with van der Waals surface area (Å²) >= 11 is 0. The number of benzene rings is 2. The fraction of sp³-hybridized carbons (Fsp3) is 0.478. The van der Waals surface area contributed by atoms with Gasteiger partial charge in [0.1, 0.15) is 17.6 Å². The third kappa shape index (κ3) is 7.38. The fourth-order valence-electron chi connectivity index (χ4n) is 2.77. The molecule has 3 heteroatoms. The number of anilines is 1. The first-order valence-electron chi connectivity index (χ1n) is 9.91. The van der Waals surface area contributed by atoms with Crippen LogP contribution in [0.4, 0.5) is 5.69 Å². The molecule has 26 heavy (non-hydrogen) atoms. The summed E-state index contributed by atoms with van der Waals surface area (Å²) in [5.74, 6) is 1.88. The summed E-state index contributed by atoms with van der Waals surface area (Å²) in [4.78, 5) is 0. The van der Waals surface area contributed by atoms with Gasteiger partial charge in [-0.2, -0.15) is 0 Å². The van der Waals surface area contributed by atoms with E-state index in [0.717, 1.165) is 43.2 Å². The van der Waals surface area contributed by atoms with Gasteiger partial charge in [0.25, 0.3) is 0 Å². The Morgan fingerprint density at radius 3 is 2.42 bits per heavy atom. The van der Waals surface area contributed by atoms with Crippen LogP contribution in [0, 0.1) is 6.92 Å². The van der Waals surface area contributed by atoms with Gasteiger partial charge in [0.05, 0.1) is 13.2 Å². The maximum Gasteiger partial charge on any atom is 0.120 e. The normalized spacial score (nSPS) is 11.8. The molecule has 1 N–H and O–H groups in total. The number of hydrogen-bond donors (Lipinski definition) is 1. The van der Waals surface area contributed by atoms with E-state index in [1.165, 1.54) is 24.8 Å². The standard InChI is InChI=1S/C23H33NO2/c1-4-6-7-8-16-25-22-14-12-20(13-15-22)24-18-21(5-2)26-23-11-9-10-19(3)17-23/h9-15,17,21,24H,4-8,16,18H2,1-3H3. The SMILES string of the molecule is CCCCCCOc1ccc(NCC(CC)Oc2cccc(C)c2)cc1. The summed E-state index contributed by atoms with van der Waals surface area (Å²) < 4.78 is 11.9. The highest BCUT2D eigenvalue weighted by Gasteiger charge is 2.08. The first-order chi connectivity index (χ1) is 12.7. The second-order valence-electron chi connectivity index (χ2n) is 6.78. The van der Waals surface area contributed by atoms with Gasteiger partial charge in [-0.15, -0.1) is 0 Å². The van der Waals surface area contributed by atoms with Gasteiger partial charge < -0.3 is 14.8 Å². The summed E-state index contributed by atoms with van der Waals surface area (Å²) in [5, 5.41) is 3.46. The first-order valence-corrected chi connectivity index (χ1v) is 9.91. The number of hydrogen-bond acceptors (Lipinski definition) is 3. The van der Waals surface area contributed by atoms with E-state index in [2.05, 4.69) is 50.4 Å². The lowest BCUT2D eigenvalue weighted by Gasteiger charge is -2.19. The fourth-order valence-corrected chi connectivity index (χ4v) is 2.77. The van der Waals surface area contributed by atoms with Crippen molar-refractivity contribution in [2.75, 3.05) is 18.5 Å². The van der Waals surface area contributed by atoms with Crippen LogP contribution < -0.4 is 14.8 Å². The number of aryl methyl sites for hydroxylation is 1. The molecule has 0 bridgehead atoms. The Balaban J connectivity index is 1.75. The van der Waals surface area contributed by atoms with Gasteiger partial charge in [0.2, 0.25) is 0 Å². The summed E-state index contributed by atoms with van der Waals surface area (Å²) in [6, 6.07) is 16.4. The molecule has 0 heterocycles. The van der Waals surface area contributed by atoms with Gasteiger partial charge >= 0.3 is 0 Å². The summed E-state index contributed by atoms with van der Waals surface area (Å²) in [7, 11) is 0. The zero-order valence-electron chi connectivity index (χ0n) is 16.5. The molecule has 2 aromatic carbocycles. The summed E-state index contributed by atoms with van der Waals surface area (Å²) in [5.41, 5.74) is 2.31. The van der Waals surface area contributed by atoms with E-state index >= 15 is 0 Å². The van der Waals surface area contributed by atoms with E-state index in [4.69, 9.17) is 9.47 Å². The van der Waals surface area contributed by atoms with Crippen LogP contribution in [0.1, 0.15) is 51.5 Å². The Kier molecular flexibility index (Phi) is 8.88. The molecule has 0 amide bonds. The van der Waals surface area contributed by atoms with Crippen molar-refractivity contribution in [3.05, 3.63) is 54.1 Å². The quantitative estimate of drug-likeness (QED) is 0.458. The minimum Gasteiger partial charge on any atom is -0.494 e. The molecule has 0 aliphatic rings. The van der Waals surface area contributed by atoms with E-state index in [1.54, 1.807) is 0 Å². The van der Waals surface area contributed by atoms with Crippen LogP contribution in [-0.2, 0) is 0 Å². The van der Waals surface area contributed by atoms with Crippen LogP contribution in [0.5, 0.6) is 11.5 Å². The monoisotopic (exact) mass is 355 g/mol. The molecule has 0 aliphatic carbocycles. The second kappa shape index (κ2) is 11.5. The molecular formula is C23H33NO2. The van der Waals surface area contributed by atoms with Crippen molar-refractivity contribution < 1.29 is 9.47 Å². The molecule has 0 spiro atoms. The molecule has 1 unspecified atom stereocenters. The smallest absolute Gasteiger partial charge is 0.120 e. The topological polar surface area (TPSA) is 30.5 Å². The van der Waals surface area contributed by atoms with E-state index in [1.807, 2.05) is 24.3 Å². The summed E-state index contributed by atoms with van der Waals surface area (Å²) in [6.07, 6.45) is 6.02. The van der Waals surface area contributed by atoms with E-state index in [-0.39, 0.29) is 6.10 Å². The highest BCUT2D eigenvalue weighted by atomic mass is 16.5. The van der Waals surface area contributed by atoms with Crippen LogP contribution in [0.2, 0.25) is 0 Å². The molecule has 1 atom stereocenters. The average Bonchev–Trinajstić information content (AvgIpc) is 2.66. The second-order valence-corrected chi connectivity index (χ2v) is 6.78. The Hall–Kier alpha value is -2.16. The van der Waals surface area contributed by atoms with Crippen molar-refractivity contribution in [1.29, 1.82) is 0 Å². The van der Waals surface area contributed by atoms with Crippen molar-refractivity contribution in [3.8, 4) is 11.5 Å². The predicted molar refractivity (Wildman–Crippen MR) is 110 cm³/mol. The van der Waals surface area contributed by atoms with Crippen molar-refractivity contribution in [1.82, 2.24) is 0 Å². The highest BCUT2D eigenvalue weighted by molar-refractivity contribution is 5.46. The van der Waals surface area contributed by atoms with Crippen LogP contribution in [0.25, 0.3) is 0 Å². The molecule has 142 valence electrons. The van der Waals surface area contributed by atoms with Gasteiger partial charge in [0.15, 0.2) is 0 Å². The molecule has 2 aromatic rings. The molecule has 0 aromatic heterocycles. The van der Waals surface area contributed by atoms with E-state index in [9.17, 15) is 0 Å². The molecule has 0 saturated carbocycles. The Bertz CT molecular complexity index is 624. The third-order valence-electron chi connectivity index (χ3n) is 4.40. The van der Waals surface area contributed by atoms with Crippen molar-refractivity contribution in [2.45, 2.75) is 59.0 Å². The highest BCUT2D eigenvalue weighted by Crippen LogP contribution is 2.18. The van der Waals surface area contributed by atoms with E-state index in [0.29, 0.717) is 0 Å². The zero-order valence-corrected chi connectivity index (χ0v) is 16.5. The van der Waals surface area contributed by atoms with Gasteiger partial charge in [-0.25, -0.2) is 0 Å². The molecular weight excluding hydrogens is 322 g/mol. The maximum absolute atomic E-state index is 6.09. The minimum atomic E-state index is 0.145. The number of rotatable bonds is 12. The Labute approximate surface area is 158 Å². The maximum atomic E-state index is 6.09. The first kappa shape index (κ1) is 20.2. The Morgan fingerprint density at radius 2 is 1.73 bits per heavy atom. The van der Waals surface area contributed by atoms with Crippen LogP contribution in [0.3, 0.4) is 0 Å². The lowest BCUT2D eigenvalue weighted by atomic mass is 10.2. The average molecular weight is 356 g/mol. The van der Waals surface area contributed by atoms with Crippen LogP contribution >= 0.6 is 0 Å². The molecule has 0 saturated heterocycles. The van der Waals surface area contributed by atoms with Crippen LogP contribution in [-0.4, -0.2) is 19.3 Å². The van der Waals surface area contributed by atoms with Crippen molar-refractivity contribution >= 4 is 5.69 Å². The zero-order chi connectivity index (χ0) is 18.6. The third-order valence-corrected chi connectivity index (χ3v) is 4.40. The molecule has 0 fully saturated rings. The molecule has 0 radical (unpaired) electrons. The van der Waals surface area contributed by atoms with Gasteiger partial charge in [-0.05, 0) is 61.7 Å². The number of nitrogens with one attached hydrogen (secondary N) is 1. The number of ether oxygens (including phenoxy) is 2. The van der Waals surface area contributed by atoms with Crippen molar-refractivity contribution in [3.63, 3.8) is 0 Å². The summed E-state index contributed by atoms with van der Waals surface area (Å²) in [6.45, 7) is 8.04. The predicted octanol–water partition coefficient (Wildman–Crippen LogP) is 6.22. The molecule has 3 nitrogen and oxygen atoms in total. The molecule has 0 aliphatic heterocycles. The van der Waals surface area contributed by atoms with E-state index < -0.39 is 0 Å². The lowest BCUT2D eigenvalue weighted by molar-refractivity contribution is 0.210. The number of unbranched alkanes of at least 4 members (excludes halogenated alkanes) is 3. The molecule has 2 rings (SSSR count). The van der Waals surface area contributed by atoms with Gasteiger partial charge in [0, 0.05) is 5.69 Å². The Morgan fingerprint density at radius 1 is 0.923 bits per heavy atom. The van der Waals surface area contributed by atoms with Crippen molar-refractivity contribution in [2.24, 2.45) is 0 Å². The van der Waals surface area contributed by atoms with Gasteiger partial charge in [-0.1, -0.05) is 45.2 Å². The largest absolute Gasteiger partial charge is 0.494 e. The van der Waals surface area contributed by atoms with Crippen LogP contribution in [0.15, 0.2) is 48.5 Å².